The number of nitrogens with two attached hydrogens (primary N) is 1. The Balaban J connectivity index is 0.000000139. The van der Waals surface area contributed by atoms with Gasteiger partial charge in [0, 0.05) is 73.2 Å². The number of piperidine rings is 4. The molecule has 61 heavy (non-hydrogen) atoms. The minimum atomic E-state index is -0.930. The van der Waals surface area contributed by atoms with Gasteiger partial charge in [0.2, 0.25) is 0 Å². The topological polar surface area (TPSA) is 137 Å². The molecule has 10 rings (SSSR count). The van der Waals surface area contributed by atoms with Crippen molar-refractivity contribution in [3.05, 3.63) is 96.3 Å². The van der Waals surface area contributed by atoms with Gasteiger partial charge < -0.3 is 45.7 Å². The van der Waals surface area contributed by atoms with E-state index in [0.717, 1.165) is 65.1 Å². The number of benzene rings is 4. The van der Waals surface area contributed by atoms with Crippen LogP contribution in [0.5, 0.6) is 0 Å². The second kappa shape index (κ2) is 20.9. The standard InChI is InChI=1S/C25H32N4O.C13H9NO2.C12H25N3/c30-25(24-18-22-21-7-3-2-6-19(21)8-9-23(22)27-24)26-20-10-14-29(15-11-20)17-16-28-12-4-1-5-13-28;15-13(16)12-7-10-9-4-2-1-3-8(9)5-6-11(10)14-12;13-12-4-8-15(9-5-12)11-10-14-6-2-1-3-7-14/h2-3,6-9,18,20,27H,1,4-5,10-17H2,(H,26,30);1-7,14H,(H,15,16);12H,1-11,13H2. The fraction of sp³-hybridized carbons (Fsp3) is 0.480. The minimum Gasteiger partial charge on any atom is -0.477 e. The van der Waals surface area contributed by atoms with Crippen LogP contribution >= 0.6 is 0 Å². The number of aromatic carboxylic acids is 1. The van der Waals surface area contributed by atoms with Crippen LogP contribution in [-0.4, -0.2) is 137 Å². The molecule has 4 aromatic carbocycles. The normalized spacial score (nSPS) is 19.1. The van der Waals surface area contributed by atoms with Crippen molar-refractivity contribution in [3.63, 3.8) is 0 Å². The van der Waals surface area contributed by atoms with E-state index in [1.54, 1.807) is 6.07 Å². The Labute approximate surface area is 360 Å². The quantitative estimate of drug-likeness (QED) is 0.0993. The van der Waals surface area contributed by atoms with Crippen molar-refractivity contribution in [1.82, 2.24) is 34.9 Å². The zero-order valence-corrected chi connectivity index (χ0v) is 35.9. The molecule has 11 heteroatoms. The predicted octanol–water partition coefficient (Wildman–Crippen LogP) is 7.92. The number of aromatic nitrogens is 2. The van der Waals surface area contributed by atoms with Crippen LogP contribution in [0.1, 0.15) is 85.2 Å². The second-order valence-corrected chi connectivity index (χ2v) is 17.7. The summed E-state index contributed by atoms with van der Waals surface area (Å²) in [7, 11) is 0. The molecule has 0 spiro atoms. The maximum absolute atomic E-state index is 12.9. The fourth-order valence-electron chi connectivity index (χ4n) is 9.68. The van der Waals surface area contributed by atoms with E-state index >= 15 is 0 Å². The average molecular weight is 827 g/mol. The molecule has 2 aromatic heterocycles. The average Bonchev–Trinajstić information content (AvgIpc) is 3.96. The molecule has 0 saturated carbocycles. The van der Waals surface area contributed by atoms with Crippen molar-refractivity contribution in [2.45, 2.75) is 76.3 Å². The third-order valence-corrected chi connectivity index (χ3v) is 13.4. The Morgan fingerprint density at radius 2 is 0.967 bits per heavy atom. The SMILES string of the molecule is NC1CCN(CCN2CCCCC2)CC1.O=C(NC1CCN(CCN2CCCCC2)CC1)c1cc2c(ccc3ccccc32)[nH]1.O=C(O)c1cc2c(ccc3ccccc32)[nH]1. The molecule has 4 aliphatic heterocycles. The second-order valence-electron chi connectivity index (χ2n) is 17.7. The smallest absolute Gasteiger partial charge is 0.352 e. The number of fused-ring (bicyclic) bond motifs is 6. The molecule has 6 heterocycles. The van der Waals surface area contributed by atoms with Gasteiger partial charge in [0.15, 0.2) is 0 Å². The molecular formula is C50H66N8O3. The monoisotopic (exact) mass is 827 g/mol. The van der Waals surface area contributed by atoms with Gasteiger partial charge in [0.05, 0.1) is 0 Å². The van der Waals surface area contributed by atoms with E-state index in [0.29, 0.717) is 11.7 Å². The van der Waals surface area contributed by atoms with Gasteiger partial charge in [-0.2, -0.15) is 0 Å². The molecule has 6 N–H and O–H groups in total. The highest BCUT2D eigenvalue weighted by Gasteiger charge is 2.23. The number of nitrogens with zero attached hydrogens (tertiary/aromatic N) is 4. The van der Waals surface area contributed by atoms with Crippen molar-refractivity contribution in [1.29, 1.82) is 0 Å². The molecule has 0 aliphatic carbocycles. The lowest BCUT2D eigenvalue weighted by Crippen LogP contribution is -2.46. The summed E-state index contributed by atoms with van der Waals surface area (Å²) in [5.41, 5.74) is 8.67. The lowest BCUT2D eigenvalue weighted by Gasteiger charge is -2.34. The lowest BCUT2D eigenvalue weighted by molar-refractivity contribution is 0.0691. The van der Waals surface area contributed by atoms with Crippen LogP contribution in [-0.2, 0) is 0 Å². The van der Waals surface area contributed by atoms with E-state index in [2.05, 4.69) is 59.1 Å². The van der Waals surface area contributed by atoms with E-state index in [4.69, 9.17) is 10.8 Å². The summed E-state index contributed by atoms with van der Waals surface area (Å²) in [5, 5.41) is 18.8. The summed E-state index contributed by atoms with van der Waals surface area (Å²) >= 11 is 0. The Hall–Kier alpha value is -4.78. The number of amides is 1. The number of carbonyl (C=O) groups excluding carboxylic acids is 1. The van der Waals surface area contributed by atoms with Gasteiger partial charge in [-0.1, -0.05) is 73.5 Å². The van der Waals surface area contributed by atoms with Crippen molar-refractivity contribution < 1.29 is 14.7 Å². The van der Waals surface area contributed by atoms with Gasteiger partial charge in [-0.25, -0.2) is 4.79 Å². The maximum atomic E-state index is 12.9. The van der Waals surface area contributed by atoms with Gasteiger partial charge in [0.25, 0.3) is 5.91 Å². The van der Waals surface area contributed by atoms with Crippen LogP contribution in [0.4, 0.5) is 0 Å². The maximum Gasteiger partial charge on any atom is 0.352 e. The molecular weight excluding hydrogens is 761 g/mol. The molecule has 324 valence electrons. The fourth-order valence-corrected chi connectivity index (χ4v) is 9.68. The van der Waals surface area contributed by atoms with Gasteiger partial charge in [0.1, 0.15) is 11.4 Å². The molecule has 4 aliphatic rings. The summed E-state index contributed by atoms with van der Waals surface area (Å²) in [4.78, 5) is 40.3. The van der Waals surface area contributed by atoms with Crippen LogP contribution < -0.4 is 11.1 Å². The summed E-state index contributed by atoms with van der Waals surface area (Å²) in [6.07, 6.45) is 12.8. The number of H-pyrrole nitrogens is 2. The highest BCUT2D eigenvalue weighted by atomic mass is 16.4. The highest BCUT2D eigenvalue weighted by molar-refractivity contribution is 6.10. The number of aromatic amines is 2. The van der Waals surface area contributed by atoms with Crippen molar-refractivity contribution in [2.24, 2.45) is 5.73 Å². The molecule has 11 nitrogen and oxygen atoms in total. The third-order valence-electron chi connectivity index (χ3n) is 13.4. The van der Waals surface area contributed by atoms with E-state index in [1.807, 2.05) is 54.6 Å². The van der Waals surface area contributed by atoms with Crippen LogP contribution in [0.2, 0.25) is 0 Å². The van der Waals surface area contributed by atoms with E-state index in [9.17, 15) is 9.59 Å². The number of carboxylic acid groups (broad SMARTS) is 1. The zero-order valence-electron chi connectivity index (χ0n) is 35.9. The molecule has 0 radical (unpaired) electrons. The van der Waals surface area contributed by atoms with E-state index in [1.165, 1.54) is 121 Å². The first kappa shape index (κ1) is 42.9. The Kier molecular flexibility index (Phi) is 14.7. The van der Waals surface area contributed by atoms with E-state index in [-0.39, 0.29) is 17.6 Å². The van der Waals surface area contributed by atoms with Crippen LogP contribution in [0.3, 0.4) is 0 Å². The molecule has 4 saturated heterocycles. The largest absolute Gasteiger partial charge is 0.477 e. The van der Waals surface area contributed by atoms with Gasteiger partial charge in [-0.3, -0.25) is 4.79 Å². The first-order valence-electron chi connectivity index (χ1n) is 23.1. The molecule has 0 unspecified atom stereocenters. The number of carboxylic acids is 1. The van der Waals surface area contributed by atoms with Gasteiger partial charge >= 0.3 is 5.97 Å². The number of hydrogen-bond donors (Lipinski definition) is 5. The zero-order chi connectivity index (χ0) is 42.0. The molecule has 1 amide bonds. The minimum absolute atomic E-state index is 0.0158. The first-order chi connectivity index (χ1) is 29.9. The molecule has 6 aromatic rings. The van der Waals surface area contributed by atoms with Crippen molar-refractivity contribution >= 4 is 55.2 Å². The molecule has 0 atom stereocenters. The summed E-state index contributed by atoms with van der Waals surface area (Å²) < 4.78 is 0. The van der Waals surface area contributed by atoms with Crippen molar-refractivity contribution in [2.75, 3.05) is 78.5 Å². The van der Waals surface area contributed by atoms with E-state index < -0.39 is 5.97 Å². The Bertz CT molecular complexity index is 2340. The molecule has 0 bridgehead atoms. The predicted molar refractivity (Wildman–Crippen MR) is 250 cm³/mol. The molecule has 4 fully saturated rings. The summed E-state index contributed by atoms with van der Waals surface area (Å²) in [6, 6.07) is 28.8. The van der Waals surface area contributed by atoms with Crippen LogP contribution in [0, 0.1) is 0 Å². The lowest BCUT2D eigenvalue weighted by atomic mass is 10.0. The summed E-state index contributed by atoms with van der Waals surface area (Å²) in [6.45, 7) is 14.7. The van der Waals surface area contributed by atoms with Crippen LogP contribution in [0.15, 0.2) is 84.9 Å². The Morgan fingerprint density at radius 3 is 1.46 bits per heavy atom. The van der Waals surface area contributed by atoms with Gasteiger partial charge in [-0.05, 0) is 136 Å². The Morgan fingerprint density at radius 1 is 0.541 bits per heavy atom. The van der Waals surface area contributed by atoms with Crippen LogP contribution in [0.25, 0.3) is 43.4 Å². The first-order valence-corrected chi connectivity index (χ1v) is 23.1. The number of likely N-dealkylation sites (tertiary alicyclic amines) is 4. The van der Waals surface area contributed by atoms with Gasteiger partial charge in [-0.15, -0.1) is 0 Å². The number of rotatable bonds is 9. The number of carbonyl (C=O) groups is 2. The summed E-state index contributed by atoms with van der Waals surface area (Å²) in [5.74, 6) is -0.915. The number of hydrogen-bond acceptors (Lipinski definition) is 7. The third kappa shape index (κ3) is 11.4. The van der Waals surface area contributed by atoms with Crippen molar-refractivity contribution in [3.8, 4) is 0 Å². The number of nitrogens with one attached hydrogen (secondary N) is 3. The highest BCUT2D eigenvalue weighted by Crippen LogP contribution is 2.27.